The zero-order valence-corrected chi connectivity index (χ0v) is 34.7. The van der Waals surface area contributed by atoms with Crippen molar-refractivity contribution in [2.24, 2.45) is 5.73 Å². The van der Waals surface area contributed by atoms with Crippen molar-refractivity contribution in [2.75, 3.05) is 56.9 Å². The molecule has 0 saturated carbocycles. The van der Waals surface area contributed by atoms with Gasteiger partial charge in [0.15, 0.2) is 0 Å². The Hall–Kier alpha value is -3.92. The molecule has 5 N–H and O–H groups in total. The molecule has 5 rings (SSSR count). The van der Waals surface area contributed by atoms with Crippen LogP contribution >= 0.6 is 58.0 Å². The van der Waals surface area contributed by atoms with Gasteiger partial charge in [0.05, 0.1) is 25.4 Å². The van der Waals surface area contributed by atoms with Crippen LogP contribution in [0, 0.1) is 0 Å². The van der Waals surface area contributed by atoms with Crippen molar-refractivity contribution < 1.29 is 52.3 Å². The predicted molar refractivity (Wildman–Crippen MR) is 199 cm³/mol. The van der Waals surface area contributed by atoms with Gasteiger partial charge < -0.3 is 35.7 Å². The summed E-state index contributed by atoms with van der Waals surface area (Å²) in [5.74, 6) is 0.421. The Balaban J connectivity index is 0.000000680. The number of carbonyl (C=O) groups excluding carboxylic acids is 3. The second kappa shape index (κ2) is 26.8. The fourth-order valence-electron chi connectivity index (χ4n) is 3.41. The number of hydrogen-bond acceptors (Lipinski definition) is 18. The van der Waals surface area contributed by atoms with Crippen molar-refractivity contribution >= 4 is 93.5 Å². The number of aliphatic hydroxyl groups excluding tert-OH is 1. The number of cyclic esters (lactones) is 1. The first-order chi connectivity index (χ1) is 25.3. The Morgan fingerprint density at radius 2 is 1.26 bits per heavy atom. The van der Waals surface area contributed by atoms with E-state index in [2.05, 4.69) is 56.2 Å². The summed E-state index contributed by atoms with van der Waals surface area (Å²) in [4.78, 5) is 64.9. The molecule has 0 spiro atoms. The van der Waals surface area contributed by atoms with E-state index in [4.69, 9.17) is 77.3 Å². The summed E-state index contributed by atoms with van der Waals surface area (Å²) in [6.45, 7) is 4.13. The number of hydrogen-bond donors (Lipinski definition) is 4. The van der Waals surface area contributed by atoms with Crippen LogP contribution in [0.3, 0.4) is 0 Å². The number of fused-ring (bicyclic) bond motifs is 1. The molecule has 1 amide bonds. The molecule has 0 unspecified atom stereocenters. The summed E-state index contributed by atoms with van der Waals surface area (Å²) in [5.41, 5.74) is 6.29. The first-order valence-corrected chi connectivity index (χ1v) is 16.7. The summed E-state index contributed by atoms with van der Waals surface area (Å²) in [6.07, 6.45) is 5.17. The molecule has 19 nitrogen and oxygen atoms in total. The summed E-state index contributed by atoms with van der Waals surface area (Å²) < 4.78 is 14.3. The van der Waals surface area contributed by atoms with Crippen molar-refractivity contribution in [3.63, 3.8) is 0 Å². The topological polar surface area (TPSA) is 256 Å². The summed E-state index contributed by atoms with van der Waals surface area (Å²) >= 11 is 27.7. The minimum absolute atomic E-state index is 0. The molecule has 4 aromatic rings. The van der Waals surface area contributed by atoms with E-state index in [9.17, 15) is 14.4 Å². The van der Waals surface area contributed by atoms with Crippen molar-refractivity contribution in [2.45, 2.75) is 27.1 Å². The Morgan fingerprint density at radius 1 is 0.796 bits per heavy atom. The SMILES string of the molecule is CCOC(=O)c1cnc(Cl)nc1Cl.CCOC(=O)c1cnc(Cl)nc1NC.CN.CN1C(=O)OCc2cnc(Cl)nc21.CNc1nc(Cl)ncc1CO.[V]. The van der Waals surface area contributed by atoms with Gasteiger partial charge in [-0.1, -0.05) is 11.6 Å². The van der Waals surface area contributed by atoms with Crippen molar-refractivity contribution in [3.05, 3.63) is 73.3 Å². The molecule has 0 fully saturated rings. The number of rotatable bonds is 7. The second-order valence-corrected chi connectivity index (χ2v) is 10.7. The van der Waals surface area contributed by atoms with Gasteiger partial charge in [-0.25, -0.2) is 44.3 Å². The molecule has 1 radical (unpaired) electrons. The van der Waals surface area contributed by atoms with E-state index in [1.54, 1.807) is 41.2 Å². The van der Waals surface area contributed by atoms with E-state index < -0.39 is 18.0 Å². The number of aliphatic hydroxyl groups is 1. The Labute approximate surface area is 346 Å². The summed E-state index contributed by atoms with van der Waals surface area (Å²) in [5, 5.41) is 14.7. The van der Waals surface area contributed by atoms with Crippen molar-refractivity contribution in [1.29, 1.82) is 0 Å². The van der Waals surface area contributed by atoms with Gasteiger partial charge in [-0.15, -0.1) is 0 Å². The Bertz CT molecular complexity index is 1820. The number of halogens is 5. The first-order valence-electron chi connectivity index (χ1n) is 14.8. The number of esters is 2. The molecule has 0 aliphatic carbocycles. The molecular formula is C29H35Cl5N12O7V. The monoisotopic (exact) mass is 889 g/mol. The predicted octanol–water partition coefficient (Wildman–Crippen LogP) is 4.76. The van der Waals surface area contributed by atoms with E-state index in [1.165, 1.54) is 30.5 Å². The van der Waals surface area contributed by atoms with Crippen LogP contribution in [0.5, 0.6) is 0 Å². The third-order valence-electron chi connectivity index (χ3n) is 5.70. The van der Waals surface area contributed by atoms with Gasteiger partial charge in [0.1, 0.15) is 40.3 Å². The van der Waals surface area contributed by atoms with Gasteiger partial charge in [0, 0.05) is 70.0 Å². The molecule has 293 valence electrons. The van der Waals surface area contributed by atoms with Gasteiger partial charge in [-0.05, 0) is 67.3 Å². The van der Waals surface area contributed by atoms with E-state index >= 15 is 0 Å². The van der Waals surface area contributed by atoms with Crippen LogP contribution in [0.15, 0.2) is 24.8 Å². The number of aromatic nitrogens is 8. The maximum atomic E-state index is 11.4. The smallest absolute Gasteiger partial charge is 0.415 e. The van der Waals surface area contributed by atoms with Gasteiger partial charge in [-0.2, -0.15) is 9.97 Å². The quantitative estimate of drug-likeness (QED) is 0.0844. The Kier molecular flexibility index (Phi) is 24.8. The molecule has 4 aromatic heterocycles. The molecule has 5 heterocycles. The zero-order chi connectivity index (χ0) is 40.1. The largest absolute Gasteiger partial charge is 0.462 e. The molecule has 25 heteroatoms. The van der Waals surface area contributed by atoms with Gasteiger partial charge in [0.2, 0.25) is 21.1 Å². The van der Waals surface area contributed by atoms with Crippen molar-refractivity contribution in [3.8, 4) is 0 Å². The van der Waals surface area contributed by atoms with Crippen LogP contribution in [0.1, 0.15) is 45.7 Å². The third-order valence-corrected chi connectivity index (χ3v) is 6.71. The van der Waals surface area contributed by atoms with E-state index in [-0.39, 0.29) is 75.8 Å². The molecule has 54 heavy (non-hydrogen) atoms. The van der Waals surface area contributed by atoms with Crippen LogP contribution in [-0.2, 0) is 46.0 Å². The Morgan fingerprint density at radius 3 is 1.78 bits per heavy atom. The minimum atomic E-state index is -0.552. The van der Waals surface area contributed by atoms with Crippen LogP contribution in [0.4, 0.5) is 22.2 Å². The summed E-state index contributed by atoms with van der Waals surface area (Å²) in [7, 11) is 6.42. The first kappa shape index (κ1) is 50.1. The van der Waals surface area contributed by atoms with Crippen LogP contribution in [0.2, 0.25) is 26.3 Å². The minimum Gasteiger partial charge on any atom is -0.462 e. The average molecular weight is 892 g/mol. The summed E-state index contributed by atoms with van der Waals surface area (Å²) in [6, 6.07) is 0. The number of nitrogens with zero attached hydrogens (tertiary/aromatic N) is 9. The second-order valence-electron chi connectivity index (χ2n) is 8.96. The zero-order valence-electron chi connectivity index (χ0n) is 29.5. The van der Waals surface area contributed by atoms with Crippen LogP contribution in [0.25, 0.3) is 0 Å². The molecule has 1 aliphatic heterocycles. The number of amides is 1. The molecule has 1 aliphatic rings. The molecule has 0 bridgehead atoms. The normalized spacial score (nSPS) is 10.6. The maximum absolute atomic E-state index is 11.4. The molecule has 0 atom stereocenters. The number of anilines is 3. The number of nitrogens with one attached hydrogen (secondary N) is 2. The van der Waals surface area contributed by atoms with Gasteiger partial charge in [-0.3, -0.25) is 4.90 Å². The maximum Gasteiger partial charge on any atom is 0.415 e. The number of carbonyl (C=O) groups is 3. The number of ether oxygens (including phenoxy) is 3. The molecule has 0 aromatic carbocycles. The molecule has 0 saturated heterocycles. The average Bonchev–Trinajstić information content (AvgIpc) is 3.15. The standard InChI is InChI=1S/C8H10ClN3O2.C7H6Cl2N2O2.C7H6ClN3O2.C6H8ClN3O.CH5N.V/c1-3-14-7(13)5-4-11-8(9)12-6(5)10-2;1-2-13-6(12)4-3-10-7(9)11-5(4)8;1-11-5-4(3-13-7(11)12)2-9-6(8)10-5;1-8-5-4(3-11)2-9-6(7)10-5;1-2;/h4H,3H2,1-2H3,(H,10,11,12);3H,2H2,1H3;2H,3H2,1H3;2,11H,3H2,1H3,(H,8,9,10);2H2,1H3;. The third kappa shape index (κ3) is 16.2. The van der Waals surface area contributed by atoms with Gasteiger partial charge >= 0.3 is 18.0 Å². The fraction of sp³-hybridized carbons (Fsp3) is 0.345. The van der Waals surface area contributed by atoms with Crippen molar-refractivity contribution in [1.82, 2.24) is 39.9 Å². The van der Waals surface area contributed by atoms with Crippen LogP contribution < -0.4 is 21.3 Å². The number of nitrogens with two attached hydrogens (primary N) is 1. The van der Waals surface area contributed by atoms with E-state index in [0.29, 0.717) is 29.6 Å². The van der Waals surface area contributed by atoms with Crippen LogP contribution in [-0.4, -0.2) is 104 Å². The van der Waals surface area contributed by atoms with E-state index in [1.807, 2.05) is 0 Å². The van der Waals surface area contributed by atoms with E-state index in [0.717, 1.165) is 5.56 Å². The molecular weight excluding hydrogens is 857 g/mol. The fourth-order valence-corrected chi connectivity index (χ4v) is 4.18. The van der Waals surface area contributed by atoms with Gasteiger partial charge in [0.25, 0.3) is 0 Å².